The molecule has 1 heteroatoms. The van der Waals surface area contributed by atoms with Crippen LogP contribution in [-0.2, 0) is 0 Å². The van der Waals surface area contributed by atoms with Crippen LogP contribution in [0.1, 0.15) is 77.0 Å². The molecule has 0 atom stereocenters. The van der Waals surface area contributed by atoms with Crippen LogP contribution in [0, 0.1) is 18.1 Å². The fourth-order valence-electron chi connectivity index (χ4n) is 1.93. The molecule has 0 rings (SSSR count). The predicted molar refractivity (Wildman–Crippen MR) is 82.1 cm³/mol. The molecule has 17 heavy (non-hydrogen) atoms. The van der Waals surface area contributed by atoms with Gasteiger partial charge in [-0.2, -0.15) is 0 Å². The van der Waals surface area contributed by atoms with Crippen molar-refractivity contribution in [1.29, 1.82) is 0 Å². The summed E-state index contributed by atoms with van der Waals surface area (Å²) in [5.41, 5.74) is 0. The summed E-state index contributed by atoms with van der Waals surface area (Å²) in [7, 11) is 0. The van der Waals surface area contributed by atoms with Crippen molar-refractivity contribution in [2.24, 2.45) is 0 Å². The lowest BCUT2D eigenvalue weighted by Gasteiger charge is -2.01. The van der Waals surface area contributed by atoms with Gasteiger partial charge in [0.25, 0.3) is 0 Å². The molecule has 0 aromatic carbocycles. The summed E-state index contributed by atoms with van der Waals surface area (Å²) in [5.74, 6) is 3.17. The average molecular weight is 253 g/mol. The van der Waals surface area contributed by atoms with E-state index >= 15 is 0 Å². The molecule has 0 nitrogen and oxygen atoms in total. The molecular weight excluding hydrogens is 224 g/mol. The highest BCUT2D eigenvalue weighted by molar-refractivity contribution is 8.03. The third-order valence-corrected chi connectivity index (χ3v) is 3.32. The second-order valence-corrected chi connectivity index (χ2v) is 5.23. The topological polar surface area (TPSA) is 0 Å². The fraction of sp³-hybridized carbons (Fsp3) is 0.812. The van der Waals surface area contributed by atoms with E-state index in [1.807, 2.05) is 6.26 Å². The molecule has 0 aliphatic carbocycles. The zero-order valence-electron chi connectivity index (χ0n) is 11.6. The first-order valence-electron chi connectivity index (χ1n) is 7.22. The summed E-state index contributed by atoms with van der Waals surface area (Å²) in [5, 5.41) is 3.05. The van der Waals surface area contributed by atoms with E-state index in [1.54, 1.807) is 11.8 Å². The minimum atomic E-state index is 1.09. The number of hydrogen-bond acceptors (Lipinski definition) is 1. The summed E-state index contributed by atoms with van der Waals surface area (Å²) >= 11 is 1.62. The molecule has 1 radical (unpaired) electrons. The molecule has 0 aromatic heterocycles. The Morgan fingerprint density at radius 2 is 1.24 bits per heavy atom. The van der Waals surface area contributed by atoms with Crippen LogP contribution in [0.5, 0.6) is 0 Å². The van der Waals surface area contributed by atoms with E-state index in [-0.39, 0.29) is 0 Å². The van der Waals surface area contributed by atoms with Gasteiger partial charge in [0.2, 0.25) is 0 Å². The van der Waals surface area contributed by atoms with Gasteiger partial charge in [0.1, 0.15) is 0 Å². The van der Waals surface area contributed by atoms with Crippen LogP contribution in [0.4, 0.5) is 0 Å². The molecule has 0 fully saturated rings. The van der Waals surface area contributed by atoms with Crippen LogP contribution in [0.25, 0.3) is 0 Å². The smallest absolute Gasteiger partial charge is 0.00976 e. The molecule has 0 aliphatic heterocycles. The molecule has 0 N–H and O–H groups in total. The molecule has 0 amide bonds. The van der Waals surface area contributed by atoms with Crippen LogP contribution < -0.4 is 0 Å². The first-order valence-corrected chi connectivity index (χ1v) is 8.44. The molecule has 0 unspecified atom stereocenters. The lowest BCUT2D eigenvalue weighted by Crippen LogP contribution is -1.82. The quantitative estimate of drug-likeness (QED) is 0.330. The van der Waals surface area contributed by atoms with Gasteiger partial charge in [0, 0.05) is 6.42 Å². The molecule has 0 bridgehead atoms. The van der Waals surface area contributed by atoms with E-state index in [0.29, 0.717) is 0 Å². The fourth-order valence-corrected chi connectivity index (χ4v) is 2.17. The van der Waals surface area contributed by atoms with Crippen molar-refractivity contribution in [3.63, 3.8) is 0 Å². The molecular formula is C16H29S. The Morgan fingerprint density at radius 3 is 1.71 bits per heavy atom. The highest BCUT2D eigenvalue weighted by Crippen LogP contribution is 2.11. The van der Waals surface area contributed by atoms with Gasteiger partial charge in [0.05, 0.1) is 0 Å². The average Bonchev–Trinajstić information content (AvgIpc) is 2.35. The predicted octanol–water partition coefficient (Wildman–Crippen LogP) is 5.83. The van der Waals surface area contributed by atoms with Gasteiger partial charge < -0.3 is 0 Å². The first-order chi connectivity index (χ1) is 8.41. The summed E-state index contributed by atoms with van der Waals surface area (Å²) in [4.78, 5) is 0. The minimum Gasteiger partial charge on any atom is -0.0913 e. The first kappa shape index (κ1) is 16.9. The SMILES string of the molecule is [CH2]CCCCCCCCCCCCC#CSC. The van der Waals surface area contributed by atoms with Gasteiger partial charge in [-0.05, 0) is 17.9 Å². The van der Waals surface area contributed by atoms with Gasteiger partial charge in [0.15, 0.2) is 0 Å². The molecule has 0 saturated heterocycles. The van der Waals surface area contributed by atoms with Crippen molar-refractivity contribution in [3.8, 4) is 11.2 Å². The van der Waals surface area contributed by atoms with Crippen molar-refractivity contribution in [2.45, 2.75) is 77.0 Å². The molecule has 99 valence electrons. The summed E-state index contributed by atoms with van der Waals surface area (Å²) in [6.45, 7) is 3.87. The number of thioether (sulfide) groups is 1. The number of hydrogen-bond donors (Lipinski definition) is 0. The van der Waals surface area contributed by atoms with Crippen molar-refractivity contribution in [3.05, 3.63) is 6.92 Å². The van der Waals surface area contributed by atoms with Gasteiger partial charge in [-0.15, -0.1) is 0 Å². The third kappa shape index (κ3) is 15.9. The maximum absolute atomic E-state index is 3.87. The van der Waals surface area contributed by atoms with Crippen molar-refractivity contribution >= 4 is 11.8 Å². The second-order valence-electron chi connectivity index (χ2n) is 4.62. The number of unbranched alkanes of at least 4 members (excludes halogenated alkanes) is 11. The van der Waals surface area contributed by atoms with Crippen LogP contribution >= 0.6 is 11.8 Å². The Bertz CT molecular complexity index is 187. The van der Waals surface area contributed by atoms with E-state index in [1.165, 1.54) is 64.2 Å². The zero-order valence-corrected chi connectivity index (χ0v) is 12.4. The number of rotatable bonds is 11. The van der Waals surface area contributed by atoms with Crippen molar-refractivity contribution < 1.29 is 0 Å². The Morgan fingerprint density at radius 1 is 0.765 bits per heavy atom. The lowest BCUT2D eigenvalue weighted by molar-refractivity contribution is 0.554. The van der Waals surface area contributed by atoms with Crippen LogP contribution in [-0.4, -0.2) is 6.26 Å². The highest BCUT2D eigenvalue weighted by atomic mass is 32.2. The van der Waals surface area contributed by atoms with Crippen molar-refractivity contribution in [1.82, 2.24) is 0 Å². The van der Waals surface area contributed by atoms with Gasteiger partial charge >= 0.3 is 0 Å². The largest absolute Gasteiger partial charge is 0.0913 e. The monoisotopic (exact) mass is 253 g/mol. The maximum atomic E-state index is 3.87. The minimum absolute atomic E-state index is 1.09. The van der Waals surface area contributed by atoms with E-state index < -0.39 is 0 Å². The highest BCUT2D eigenvalue weighted by Gasteiger charge is 1.92. The van der Waals surface area contributed by atoms with Crippen molar-refractivity contribution in [2.75, 3.05) is 6.26 Å². The lowest BCUT2D eigenvalue weighted by atomic mass is 10.1. The van der Waals surface area contributed by atoms with Crippen LogP contribution in [0.15, 0.2) is 0 Å². The van der Waals surface area contributed by atoms with Gasteiger partial charge in [-0.3, -0.25) is 0 Å². The Hall–Kier alpha value is -0.0900. The Kier molecular flexibility index (Phi) is 15.8. The molecule has 0 saturated carbocycles. The second kappa shape index (κ2) is 15.9. The standard InChI is InChI=1S/C16H29S/c1-3-4-5-6-7-8-9-10-11-12-13-14-15-16-17-2/h1,3-14H2,2H3. The van der Waals surface area contributed by atoms with Crippen LogP contribution in [0.2, 0.25) is 0 Å². The molecule has 0 aromatic rings. The third-order valence-electron chi connectivity index (χ3n) is 2.98. The van der Waals surface area contributed by atoms with E-state index in [2.05, 4.69) is 18.1 Å². The molecule has 0 spiro atoms. The maximum Gasteiger partial charge on any atom is 0.00976 e. The van der Waals surface area contributed by atoms with E-state index in [0.717, 1.165) is 12.8 Å². The van der Waals surface area contributed by atoms with E-state index in [9.17, 15) is 0 Å². The van der Waals surface area contributed by atoms with E-state index in [4.69, 9.17) is 0 Å². The normalized spacial score (nSPS) is 10.0. The zero-order chi connectivity index (χ0) is 12.6. The van der Waals surface area contributed by atoms with Crippen LogP contribution in [0.3, 0.4) is 0 Å². The Labute approximate surface area is 113 Å². The Balaban J connectivity index is 2.94. The van der Waals surface area contributed by atoms with Gasteiger partial charge in [-0.1, -0.05) is 88.8 Å². The summed E-state index contributed by atoms with van der Waals surface area (Å²) < 4.78 is 0. The molecule has 0 heterocycles. The van der Waals surface area contributed by atoms with Gasteiger partial charge in [-0.25, -0.2) is 0 Å². The summed E-state index contributed by atoms with van der Waals surface area (Å²) in [6.07, 6.45) is 18.1. The summed E-state index contributed by atoms with van der Waals surface area (Å²) in [6, 6.07) is 0. The molecule has 0 aliphatic rings.